The minimum atomic E-state index is -0.531. The first-order valence-electron chi connectivity index (χ1n) is 8.89. The van der Waals surface area contributed by atoms with Gasteiger partial charge in [0.15, 0.2) is 0 Å². The summed E-state index contributed by atoms with van der Waals surface area (Å²) in [4.78, 5) is 25.5. The minimum absolute atomic E-state index is 0.0949. The Bertz CT molecular complexity index is 779. The normalized spacial score (nSPS) is 11.6. The highest BCUT2D eigenvalue weighted by atomic mass is 19.1. The number of ether oxygens (including phenoxy) is 1. The summed E-state index contributed by atoms with van der Waals surface area (Å²) in [5, 5.41) is 8.12. The lowest BCUT2D eigenvalue weighted by Gasteiger charge is -2.25. The molecule has 2 aromatic rings. The number of hydrogen-bond acceptors (Lipinski definition) is 4. The summed E-state index contributed by atoms with van der Waals surface area (Å²) in [5.41, 5.74) is 2.05. The van der Waals surface area contributed by atoms with Gasteiger partial charge in [-0.2, -0.15) is 0 Å². The van der Waals surface area contributed by atoms with Crippen LogP contribution in [0.5, 0.6) is 0 Å². The van der Waals surface area contributed by atoms with Gasteiger partial charge in [0.1, 0.15) is 5.82 Å². The lowest BCUT2D eigenvalue weighted by atomic mass is 10.1. The molecule has 0 saturated carbocycles. The topological polar surface area (TPSA) is 82.7 Å². The number of benzene rings is 2. The van der Waals surface area contributed by atoms with Crippen molar-refractivity contribution >= 4 is 23.5 Å². The minimum Gasteiger partial charge on any atom is -0.450 e. The SMILES string of the molecule is CCOC(=O)Nc1ccc(NC(=O)NCC(c2ccc(F)cc2)N(C)C)cc1. The highest BCUT2D eigenvalue weighted by Gasteiger charge is 2.15. The fourth-order valence-corrected chi connectivity index (χ4v) is 2.57. The van der Waals surface area contributed by atoms with Gasteiger partial charge < -0.3 is 20.3 Å². The van der Waals surface area contributed by atoms with E-state index in [0.29, 0.717) is 17.9 Å². The van der Waals surface area contributed by atoms with Crippen LogP contribution in [-0.2, 0) is 4.74 Å². The molecular weight excluding hydrogens is 363 g/mol. The molecule has 1 atom stereocenters. The fourth-order valence-electron chi connectivity index (χ4n) is 2.57. The number of hydrogen-bond donors (Lipinski definition) is 3. The van der Waals surface area contributed by atoms with Gasteiger partial charge in [-0.05, 0) is 63.0 Å². The second-order valence-corrected chi connectivity index (χ2v) is 6.29. The van der Waals surface area contributed by atoms with Crippen molar-refractivity contribution in [3.8, 4) is 0 Å². The third kappa shape index (κ3) is 6.55. The van der Waals surface area contributed by atoms with Crippen LogP contribution in [0.3, 0.4) is 0 Å². The molecule has 150 valence electrons. The highest BCUT2D eigenvalue weighted by Crippen LogP contribution is 2.18. The molecule has 0 aromatic heterocycles. The van der Waals surface area contributed by atoms with Crippen LogP contribution in [0, 0.1) is 5.82 Å². The van der Waals surface area contributed by atoms with Crippen molar-refractivity contribution in [2.24, 2.45) is 0 Å². The van der Waals surface area contributed by atoms with E-state index in [1.807, 2.05) is 19.0 Å². The van der Waals surface area contributed by atoms with Crippen molar-refractivity contribution in [1.82, 2.24) is 10.2 Å². The summed E-state index contributed by atoms with van der Waals surface area (Å²) in [5.74, 6) is -0.298. The molecule has 0 aliphatic heterocycles. The number of amides is 3. The highest BCUT2D eigenvalue weighted by molar-refractivity contribution is 5.90. The van der Waals surface area contributed by atoms with Gasteiger partial charge in [-0.1, -0.05) is 12.1 Å². The average Bonchev–Trinajstić information content (AvgIpc) is 2.65. The molecule has 0 radical (unpaired) electrons. The van der Waals surface area contributed by atoms with E-state index < -0.39 is 6.09 Å². The van der Waals surface area contributed by atoms with Crippen molar-refractivity contribution in [3.63, 3.8) is 0 Å². The Morgan fingerprint density at radius 1 is 1.00 bits per heavy atom. The molecule has 0 spiro atoms. The predicted molar refractivity (Wildman–Crippen MR) is 107 cm³/mol. The number of halogens is 1. The van der Waals surface area contributed by atoms with E-state index >= 15 is 0 Å². The summed E-state index contributed by atoms with van der Waals surface area (Å²) in [6, 6.07) is 12.4. The predicted octanol–water partition coefficient (Wildman–Crippen LogP) is 3.82. The largest absolute Gasteiger partial charge is 0.450 e. The van der Waals surface area contributed by atoms with Crippen LogP contribution in [0.1, 0.15) is 18.5 Å². The van der Waals surface area contributed by atoms with Gasteiger partial charge in [-0.15, -0.1) is 0 Å². The van der Waals surface area contributed by atoms with Gasteiger partial charge >= 0.3 is 12.1 Å². The van der Waals surface area contributed by atoms with E-state index in [4.69, 9.17) is 4.74 Å². The van der Waals surface area contributed by atoms with Gasteiger partial charge in [0.2, 0.25) is 0 Å². The lowest BCUT2D eigenvalue weighted by molar-refractivity contribution is 0.168. The van der Waals surface area contributed by atoms with Crippen molar-refractivity contribution in [3.05, 3.63) is 59.9 Å². The maximum absolute atomic E-state index is 13.1. The van der Waals surface area contributed by atoms with E-state index in [1.54, 1.807) is 43.3 Å². The van der Waals surface area contributed by atoms with Gasteiger partial charge in [0, 0.05) is 17.9 Å². The molecule has 3 N–H and O–H groups in total. The van der Waals surface area contributed by atoms with Gasteiger partial charge in [0.25, 0.3) is 0 Å². The van der Waals surface area contributed by atoms with Crippen molar-refractivity contribution in [2.75, 3.05) is 37.9 Å². The number of anilines is 2. The molecule has 28 heavy (non-hydrogen) atoms. The monoisotopic (exact) mass is 388 g/mol. The third-order valence-electron chi connectivity index (χ3n) is 4.00. The Morgan fingerprint density at radius 3 is 2.11 bits per heavy atom. The molecule has 3 amide bonds. The fraction of sp³-hybridized carbons (Fsp3) is 0.300. The molecule has 0 aliphatic rings. The standard InChI is InChI=1S/C20H25FN4O3/c1-4-28-20(27)24-17-11-9-16(10-12-17)23-19(26)22-13-18(25(2)3)14-5-7-15(21)8-6-14/h5-12,18H,4,13H2,1-3H3,(H,24,27)(H2,22,23,26). The number of carbonyl (C=O) groups is 2. The van der Waals surface area contributed by atoms with Crippen LogP contribution in [0.2, 0.25) is 0 Å². The Kier molecular flexibility index (Phi) is 7.76. The second kappa shape index (κ2) is 10.3. The lowest BCUT2D eigenvalue weighted by Crippen LogP contribution is -2.36. The van der Waals surface area contributed by atoms with E-state index in [-0.39, 0.29) is 24.5 Å². The second-order valence-electron chi connectivity index (χ2n) is 6.29. The van der Waals surface area contributed by atoms with E-state index in [1.165, 1.54) is 12.1 Å². The summed E-state index contributed by atoms with van der Waals surface area (Å²) >= 11 is 0. The number of nitrogens with zero attached hydrogens (tertiary/aromatic N) is 1. The number of rotatable bonds is 7. The first-order valence-corrected chi connectivity index (χ1v) is 8.89. The summed E-state index contributed by atoms with van der Waals surface area (Å²) < 4.78 is 17.9. The molecule has 0 aliphatic carbocycles. The molecular formula is C20H25FN4O3. The molecule has 1 unspecified atom stereocenters. The zero-order valence-corrected chi connectivity index (χ0v) is 16.2. The molecule has 0 fully saturated rings. The van der Waals surface area contributed by atoms with E-state index in [2.05, 4.69) is 16.0 Å². The first kappa shape index (κ1) is 21.2. The number of carbonyl (C=O) groups excluding carboxylic acids is 2. The molecule has 0 saturated heterocycles. The Morgan fingerprint density at radius 2 is 1.57 bits per heavy atom. The van der Waals surface area contributed by atoms with E-state index in [9.17, 15) is 14.0 Å². The molecule has 0 heterocycles. The smallest absolute Gasteiger partial charge is 0.411 e. The van der Waals surface area contributed by atoms with Crippen LogP contribution >= 0.6 is 0 Å². The zero-order chi connectivity index (χ0) is 20.5. The summed E-state index contributed by atoms with van der Waals surface area (Å²) in [7, 11) is 3.78. The summed E-state index contributed by atoms with van der Waals surface area (Å²) in [6.45, 7) is 2.37. The average molecular weight is 388 g/mol. The van der Waals surface area contributed by atoms with Crippen LogP contribution in [0.4, 0.5) is 25.4 Å². The Labute approximate surface area is 163 Å². The van der Waals surface area contributed by atoms with Crippen molar-refractivity contribution in [1.29, 1.82) is 0 Å². The molecule has 2 aromatic carbocycles. The van der Waals surface area contributed by atoms with Crippen LogP contribution in [0.15, 0.2) is 48.5 Å². The molecule has 8 heteroatoms. The number of urea groups is 1. The third-order valence-corrected chi connectivity index (χ3v) is 4.00. The first-order chi connectivity index (χ1) is 13.4. The summed E-state index contributed by atoms with van der Waals surface area (Å²) in [6.07, 6.45) is -0.531. The Balaban J connectivity index is 1.88. The molecule has 7 nitrogen and oxygen atoms in total. The Hall–Kier alpha value is -3.13. The van der Waals surface area contributed by atoms with Crippen LogP contribution < -0.4 is 16.0 Å². The van der Waals surface area contributed by atoms with Gasteiger partial charge in [-0.25, -0.2) is 14.0 Å². The molecule has 0 bridgehead atoms. The quantitative estimate of drug-likeness (QED) is 0.673. The van der Waals surface area contributed by atoms with Crippen molar-refractivity contribution in [2.45, 2.75) is 13.0 Å². The zero-order valence-electron chi connectivity index (χ0n) is 16.2. The van der Waals surface area contributed by atoms with Crippen molar-refractivity contribution < 1.29 is 18.7 Å². The van der Waals surface area contributed by atoms with Gasteiger partial charge in [-0.3, -0.25) is 5.32 Å². The van der Waals surface area contributed by atoms with Crippen LogP contribution in [-0.4, -0.2) is 44.3 Å². The maximum Gasteiger partial charge on any atom is 0.411 e. The number of likely N-dealkylation sites (N-methyl/N-ethyl adjacent to an activating group) is 1. The number of nitrogens with one attached hydrogen (secondary N) is 3. The maximum atomic E-state index is 13.1. The van der Waals surface area contributed by atoms with Crippen LogP contribution in [0.25, 0.3) is 0 Å². The molecule has 2 rings (SSSR count). The van der Waals surface area contributed by atoms with Gasteiger partial charge in [0.05, 0.1) is 12.6 Å². The van der Waals surface area contributed by atoms with E-state index in [0.717, 1.165) is 5.56 Å².